The third-order valence-corrected chi connectivity index (χ3v) is 7.93. The summed E-state index contributed by atoms with van der Waals surface area (Å²) >= 11 is 0. The van der Waals surface area contributed by atoms with Gasteiger partial charge < -0.3 is 15.0 Å². The average molecular weight is 489 g/mol. The fourth-order valence-corrected chi connectivity index (χ4v) is 5.58. The summed E-state index contributed by atoms with van der Waals surface area (Å²) in [5.74, 6) is -0.212. The van der Waals surface area contributed by atoms with Crippen LogP contribution in [0.1, 0.15) is 49.0 Å². The van der Waals surface area contributed by atoms with E-state index in [1.807, 2.05) is 12.1 Å². The van der Waals surface area contributed by atoms with Crippen LogP contribution in [0.25, 0.3) is 11.0 Å². The number of halogens is 1. The van der Waals surface area contributed by atoms with Gasteiger partial charge in [0, 0.05) is 6.54 Å². The van der Waals surface area contributed by atoms with Crippen LogP contribution >= 0.6 is 0 Å². The lowest BCUT2D eigenvalue weighted by atomic mass is 10.0. The summed E-state index contributed by atoms with van der Waals surface area (Å²) in [4.78, 5) is 20.2. The highest BCUT2D eigenvalue weighted by Gasteiger charge is 2.41. The molecule has 0 aliphatic carbocycles. The third kappa shape index (κ3) is 5.23. The lowest BCUT2D eigenvalue weighted by Crippen LogP contribution is -2.36. The van der Waals surface area contributed by atoms with Gasteiger partial charge >= 0.3 is 5.97 Å². The predicted octanol–water partition coefficient (Wildman–Crippen LogP) is 3.89. The molecule has 0 bridgehead atoms. The largest absolute Gasteiger partial charge is 0.455 e. The van der Waals surface area contributed by atoms with Crippen molar-refractivity contribution in [2.75, 3.05) is 24.2 Å². The molecule has 2 heterocycles. The number of esters is 1. The second-order valence-electron chi connectivity index (χ2n) is 8.85. The Kier molecular flexibility index (Phi) is 6.90. The van der Waals surface area contributed by atoms with Gasteiger partial charge in [-0.25, -0.2) is 22.6 Å². The molecule has 4 rings (SSSR count). The number of rotatable bonds is 8. The van der Waals surface area contributed by atoms with Crippen LogP contribution in [0.2, 0.25) is 0 Å². The van der Waals surface area contributed by atoms with Crippen LogP contribution in [0.3, 0.4) is 0 Å². The minimum atomic E-state index is -3.49. The number of nitrogens with one attached hydrogen (secondary N) is 2. The Labute approximate surface area is 198 Å². The minimum Gasteiger partial charge on any atom is -0.455 e. The summed E-state index contributed by atoms with van der Waals surface area (Å²) in [6, 6.07) is 10.9. The summed E-state index contributed by atoms with van der Waals surface area (Å²) in [6.07, 6.45) is -0.243. The zero-order valence-corrected chi connectivity index (χ0v) is 20.2. The second-order valence-corrected chi connectivity index (χ2v) is 10.9. The molecule has 1 fully saturated rings. The van der Waals surface area contributed by atoms with Gasteiger partial charge in [0.25, 0.3) is 0 Å². The van der Waals surface area contributed by atoms with Crippen molar-refractivity contribution in [1.82, 2.24) is 14.3 Å². The monoisotopic (exact) mass is 488 g/mol. The normalized spacial score (nSPS) is 19.1. The molecule has 10 heteroatoms. The molecule has 0 amide bonds. The predicted molar refractivity (Wildman–Crippen MR) is 129 cm³/mol. The molecule has 2 aromatic carbocycles. The number of anilines is 1. The van der Waals surface area contributed by atoms with E-state index in [2.05, 4.69) is 29.1 Å². The highest BCUT2D eigenvalue weighted by molar-refractivity contribution is 7.89. The Morgan fingerprint density at radius 1 is 1.24 bits per heavy atom. The minimum absolute atomic E-state index is 0.0148. The van der Waals surface area contributed by atoms with Crippen molar-refractivity contribution in [2.24, 2.45) is 0 Å². The van der Waals surface area contributed by atoms with E-state index in [9.17, 15) is 17.6 Å². The third-order valence-electron chi connectivity index (χ3n) is 5.93. The van der Waals surface area contributed by atoms with Crippen molar-refractivity contribution in [3.05, 3.63) is 59.4 Å². The van der Waals surface area contributed by atoms with E-state index >= 15 is 0 Å². The second kappa shape index (κ2) is 9.71. The SMILES string of the molecule is CCCS(=O)(=O)N1CC(Nc2nc3ccc(F)cc3[nH]2)[C@@H](OC(=O)c2ccc(C(C)C)cc2)C1. The standard InChI is InChI=1S/C24H29FN4O4S/c1-4-11-34(31,32)29-13-21(28-24-26-19-10-9-18(25)12-20(19)27-24)22(14-29)33-23(30)17-7-5-16(6-8-17)15(2)3/h5-10,12,15,21-22H,4,11,13-14H2,1-3H3,(H2,26,27,28)/t21?,22-/m0/s1. The molecule has 182 valence electrons. The topological polar surface area (TPSA) is 104 Å². The number of nitrogens with zero attached hydrogens (tertiary/aromatic N) is 2. The lowest BCUT2D eigenvalue weighted by Gasteiger charge is -2.20. The van der Waals surface area contributed by atoms with Gasteiger partial charge in [-0.3, -0.25) is 0 Å². The number of hydrogen-bond acceptors (Lipinski definition) is 6. The summed E-state index contributed by atoms with van der Waals surface area (Å²) in [5.41, 5.74) is 2.58. The first-order chi connectivity index (χ1) is 16.2. The van der Waals surface area contributed by atoms with E-state index in [0.29, 0.717) is 34.9 Å². The quantitative estimate of drug-likeness (QED) is 0.466. The van der Waals surface area contributed by atoms with Crippen molar-refractivity contribution < 1.29 is 22.3 Å². The fraction of sp³-hybridized carbons (Fsp3) is 0.417. The number of benzene rings is 2. The van der Waals surface area contributed by atoms with Crippen molar-refractivity contribution in [3.8, 4) is 0 Å². The summed E-state index contributed by atoms with van der Waals surface area (Å²) in [6.45, 7) is 6.11. The summed E-state index contributed by atoms with van der Waals surface area (Å²) < 4.78 is 46.1. The molecule has 1 unspecified atom stereocenters. The number of aromatic nitrogens is 2. The molecule has 1 saturated heterocycles. The molecular weight excluding hydrogens is 459 g/mol. The van der Waals surface area contributed by atoms with Crippen LogP contribution in [-0.2, 0) is 14.8 Å². The van der Waals surface area contributed by atoms with Gasteiger partial charge in [-0.2, -0.15) is 4.31 Å². The highest BCUT2D eigenvalue weighted by Crippen LogP contribution is 2.24. The molecule has 8 nitrogen and oxygen atoms in total. The Morgan fingerprint density at radius 2 is 1.97 bits per heavy atom. The number of ether oxygens (including phenoxy) is 1. The van der Waals surface area contributed by atoms with Crippen LogP contribution < -0.4 is 5.32 Å². The molecule has 0 radical (unpaired) electrons. The molecule has 1 aliphatic heterocycles. The number of H-pyrrole nitrogens is 1. The zero-order valence-electron chi connectivity index (χ0n) is 19.4. The molecule has 1 aromatic heterocycles. The van der Waals surface area contributed by atoms with Crippen LogP contribution in [0.15, 0.2) is 42.5 Å². The number of carbonyl (C=O) groups is 1. The maximum atomic E-state index is 13.5. The smallest absolute Gasteiger partial charge is 0.338 e. The first kappa shape index (κ1) is 24.2. The van der Waals surface area contributed by atoms with Gasteiger partial charge in [0.1, 0.15) is 11.9 Å². The Bertz CT molecular complexity index is 1270. The fourth-order valence-electron chi connectivity index (χ4n) is 4.05. The molecule has 0 spiro atoms. The van der Waals surface area contributed by atoms with Gasteiger partial charge in [0.15, 0.2) is 0 Å². The summed E-state index contributed by atoms with van der Waals surface area (Å²) in [7, 11) is -3.49. The Morgan fingerprint density at radius 3 is 2.65 bits per heavy atom. The van der Waals surface area contributed by atoms with Crippen molar-refractivity contribution >= 4 is 33.0 Å². The number of carbonyl (C=O) groups excluding carboxylic acids is 1. The zero-order chi connectivity index (χ0) is 24.5. The number of imidazole rings is 1. The lowest BCUT2D eigenvalue weighted by molar-refractivity contribution is 0.0316. The van der Waals surface area contributed by atoms with E-state index < -0.39 is 34.0 Å². The molecule has 2 N–H and O–H groups in total. The van der Waals surface area contributed by atoms with Gasteiger partial charge in [-0.05, 0) is 48.2 Å². The van der Waals surface area contributed by atoms with Crippen molar-refractivity contribution in [1.29, 1.82) is 0 Å². The first-order valence-electron chi connectivity index (χ1n) is 11.4. The highest BCUT2D eigenvalue weighted by atomic mass is 32.2. The molecular formula is C24H29FN4O4S. The maximum absolute atomic E-state index is 13.5. The van der Waals surface area contributed by atoms with E-state index in [1.165, 1.54) is 16.4 Å². The van der Waals surface area contributed by atoms with Crippen molar-refractivity contribution in [3.63, 3.8) is 0 Å². The number of hydrogen-bond donors (Lipinski definition) is 2. The average Bonchev–Trinajstić information content (AvgIpc) is 3.37. The van der Waals surface area contributed by atoms with E-state index in [-0.39, 0.29) is 18.8 Å². The van der Waals surface area contributed by atoms with E-state index in [1.54, 1.807) is 25.1 Å². The maximum Gasteiger partial charge on any atom is 0.338 e. The first-order valence-corrected chi connectivity index (χ1v) is 13.0. The van der Waals surface area contributed by atoms with Crippen LogP contribution in [0.5, 0.6) is 0 Å². The van der Waals surface area contributed by atoms with Gasteiger partial charge in [-0.1, -0.05) is 32.9 Å². The van der Waals surface area contributed by atoms with Crippen LogP contribution in [-0.4, -0.2) is 59.6 Å². The number of aromatic amines is 1. The van der Waals surface area contributed by atoms with Gasteiger partial charge in [-0.15, -0.1) is 0 Å². The van der Waals surface area contributed by atoms with Crippen LogP contribution in [0.4, 0.5) is 10.3 Å². The molecule has 34 heavy (non-hydrogen) atoms. The van der Waals surface area contributed by atoms with Crippen LogP contribution in [0, 0.1) is 5.82 Å². The molecule has 2 atom stereocenters. The van der Waals surface area contributed by atoms with Crippen molar-refractivity contribution in [2.45, 2.75) is 45.3 Å². The molecule has 3 aromatic rings. The number of fused-ring (bicyclic) bond motifs is 1. The van der Waals surface area contributed by atoms with E-state index in [0.717, 1.165) is 5.56 Å². The van der Waals surface area contributed by atoms with Gasteiger partial charge in [0.05, 0.1) is 34.9 Å². The molecule has 0 saturated carbocycles. The number of sulfonamides is 1. The van der Waals surface area contributed by atoms with Gasteiger partial charge in [0.2, 0.25) is 16.0 Å². The summed E-state index contributed by atoms with van der Waals surface area (Å²) in [5, 5.41) is 3.15. The Hall–Kier alpha value is -2.98. The molecule has 1 aliphatic rings. The van der Waals surface area contributed by atoms with E-state index in [4.69, 9.17) is 4.74 Å². The Balaban J connectivity index is 1.55.